The van der Waals surface area contributed by atoms with Crippen LogP contribution in [0.5, 0.6) is 0 Å². The molecule has 0 unspecified atom stereocenters. The lowest BCUT2D eigenvalue weighted by Crippen LogP contribution is -2.48. The second kappa shape index (κ2) is 7.64. The van der Waals surface area contributed by atoms with Crippen LogP contribution in [0.25, 0.3) is 0 Å². The van der Waals surface area contributed by atoms with E-state index in [9.17, 15) is 12.8 Å². The van der Waals surface area contributed by atoms with Crippen LogP contribution in [0.3, 0.4) is 0 Å². The fourth-order valence-electron chi connectivity index (χ4n) is 3.23. The first-order chi connectivity index (χ1) is 12.0. The lowest BCUT2D eigenvalue weighted by molar-refractivity contribution is 0.0374. The highest BCUT2D eigenvalue weighted by Gasteiger charge is 2.34. The van der Waals surface area contributed by atoms with Crippen molar-refractivity contribution in [2.75, 3.05) is 25.5 Å². The minimum Gasteiger partial charge on any atom is -0.381 e. The van der Waals surface area contributed by atoms with Crippen LogP contribution < -0.4 is 5.32 Å². The van der Waals surface area contributed by atoms with Crippen LogP contribution in [-0.2, 0) is 20.1 Å². The van der Waals surface area contributed by atoms with Crippen LogP contribution in [0.4, 0.5) is 4.39 Å². The molecule has 25 heavy (non-hydrogen) atoms. The van der Waals surface area contributed by atoms with Gasteiger partial charge in [0, 0.05) is 25.3 Å². The molecule has 0 bridgehead atoms. The summed E-state index contributed by atoms with van der Waals surface area (Å²) in [6, 6.07) is 14.9. The zero-order valence-corrected chi connectivity index (χ0v) is 14.8. The van der Waals surface area contributed by atoms with Gasteiger partial charge in [0.1, 0.15) is 5.82 Å². The van der Waals surface area contributed by atoms with E-state index >= 15 is 0 Å². The number of halogens is 1. The Morgan fingerprint density at radius 3 is 2.28 bits per heavy atom. The highest BCUT2D eigenvalue weighted by atomic mass is 32.2. The standard InChI is InChI=1S/C19H22FNO3S/c20-17-8-6-16(7-9-17)19(10-13-24-14-11-19)21-12-15-25(22,23)18-4-2-1-3-5-18/h1-9,21H,10-15H2. The highest BCUT2D eigenvalue weighted by Crippen LogP contribution is 2.32. The van der Waals surface area contributed by atoms with E-state index in [1.807, 2.05) is 0 Å². The first-order valence-corrected chi connectivity index (χ1v) is 10.0. The van der Waals surface area contributed by atoms with Gasteiger partial charge in [0.2, 0.25) is 0 Å². The molecule has 0 aliphatic carbocycles. The number of benzene rings is 2. The molecule has 1 aliphatic heterocycles. The van der Waals surface area contributed by atoms with Gasteiger partial charge >= 0.3 is 0 Å². The second-order valence-electron chi connectivity index (χ2n) is 6.26. The molecule has 0 amide bonds. The summed E-state index contributed by atoms with van der Waals surface area (Å²) in [6.45, 7) is 1.51. The van der Waals surface area contributed by atoms with E-state index in [0.29, 0.717) is 24.7 Å². The van der Waals surface area contributed by atoms with Gasteiger partial charge in [-0.3, -0.25) is 0 Å². The zero-order chi connectivity index (χ0) is 17.8. The van der Waals surface area contributed by atoms with Gasteiger partial charge in [-0.2, -0.15) is 0 Å². The molecule has 1 fully saturated rings. The second-order valence-corrected chi connectivity index (χ2v) is 8.37. The first-order valence-electron chi connectivity index (χ1n) is 8.39. The van der Waals surface area contributed by atoms with Crippen molar-refractivity contribution in [1.29, 1.82) is 0 Å². The minimum absolute atomic E-state index is 0.0147. The maximum absolute atomic E-state index is 13.3. The van der Waals surface area contributed by atoms with Crippen LogP contribution >= 0.6 is 0 Å². The van der Waals surface area contributed by atoms with Gasteiger partial charge in [0.15, 0.2) is 9.84 Å². The summed E-state index contributed by atoms with van der Waals surface area (Å²) < 4.78 is 43.6. The number of hydrogen-bond donors (Lipinski definition) is 1. The molecular formula is C19H22FNO3S. The van der Waals surface area contributed by atoms with E-state index in [4.69, 9.17) is 4.74 Å². The van der Waals surface area contributed by atoms with Gasteiger partial charge < -0.3 is 10.1 Å². The molecule has 0 aromatic heterocycles. The van der Waals surface area contributed by atoms with Gasteiger partial charge in [0.25, 0.3) is 0 Å². The van der Waals surface area contributed by atoms with E-state index in [1.54, 1.807) is 42.5 Å². The van der Waals surface area contributed by atoms with Gasteiger partial charge in [-0.25, -0.2) is 12.8 Å². The maximum atomic E-state index is 13.3. The first kappa shape index (κ1) is 18.0. The van der Waals surface area contributed by atoms with E-state index in [0.717, 1.165) is 18.4 Å². The molecule has 0 radical (unpaired) electrons. The van der Waals surface area contributed by atoms with E-state index in [1.165, 1.54) is 12.1 Å². The Hall–Kier alpha value is -1.76. The molecule has 6 heteroatoms. The molecule has 1 N–H and O–H groups in total. The quantitative estimate of drug-likeness (QED) is 0.857. The van der Waals surface area contributed by atoms with E-state index < -0.39 is 9.84 Å². The summed E-state index contributed by atoms with van der Waals surface area (Å²) >= 11 is 0. The Morgan fingerprint density at radius 1 is 1.00 bits per heavy atom. The average molecular weight is 363 g/mol. The van der Waals surface area contributed by atoms with Crippen molar-refractivity contribution in [3.05, 3.63) is 66.0 Å². The van der Waals surface area contributed by atoms with E-state index in [-0.39, 0.29) is 17.1 Å². The third-order valence-electron chi connectivity index (χ3n) is 4.68. The summed E-state index contributed by atoms with van der Waals surface area (Å²) in [4.78, 5) is 0.333. The number of nitrogens with one attached hydrogen (secondary N) is 1. The third-order valence-corrected chi connectivity index (χ3v) is 6.41. The number of sulfone groups is 1. The van der Waals surface area contributed by atoms with Crippen molar-refractivity contribution in [3.8, 4) is 0 Å². The molecule has 0 spiro atoms. The van der Waals surface area contributed by atoms with Crippen molar-refractivity contribution >= 4 is 9.84 Å². The molecule has 1 saturated heterocycles. The summed E-state index contributed by atoms with van der Waals surface area (Å²) in [5, 5.41) is 3.42. The predicted octanol–water partition coefficient (Wildman–Crippen LogP) is 2.89. The molecular weight excluding hydrogens is 341 g/mol. The van der Waals surface area contributed by atoms with Crippen molar-refractivity contribution in [3.63, 3.8) is 0 Å². The van der Waals surface area contributed by atoms with E-state index in [2.05, 4.69) is 5.32 Å². The van der Waals surface area contributed by atoms with Crippen LogP contribution in [0.2, 0.25) is 0 Å². The minimum atomic E-state index is -3.33. The largest absolute Gasteiger partial charge is 0.381 e. The Labute approximate surface area is 147 Å². The number of rotatable bonds is 6. The lowest BCUT2D eigenvalue weighted by Gasteiger charge is -2.39. The molecule has 0 saturated carbocycles. The lowest BCUT2D eigenvalue weighted by atomic mass is 9.82. The van der Waals surface area contributed by atoms with Crippen molar-refractivity contribution in [2.45, 2.75) is 23.3 Å². The average Bonchev–Trinajstić information content (AvgIpc) is 2.63. The predicted molar refractivity (Wildman–Crippen MR) is 94.6 cm³/mol. The van der Waals surface area contributed by atoms with Crippen LogP contribution in [-0.4, -0.2) is 33.9 Å². The molecule has 134 valence electrons. The smallest absolute Gasteiger partial charge is 0.179 e. The molecule has 2 aromatic carbocycles. The maximum Gasteiger partial charge on any atom is 0.179 e. The van der Waals surface area contributed by atoms with Crippen molar-refractivity contribution in [2.24, 2.45) is 0 Å². The van der Waals surface area contributed by atoms with Gasteiger partial charge in [-0.1, -0.05) is 30.3 Å². The molecule has 2 aromatic rings. The fourth-order valence-corrected chi connectivity index (χ4v) is 4.40. The summed E-state index contributed by atoms with van der Waals surface area (Å²) in [5.74, 6) is -0.265. The Kier molecular flexibility index (Phi) is 5.51. The Bertz CT molecular complexity index is 785. The summed E-state index contributed by atoms with van der Waals surface area (Å²) in [5.41, 5.74) is 0.590. The third kappa shape index (κ3) is 4.26. The number of hydrogen-bond acceptors (Lipinski definition) is 4. The topological polar surface area (TPSA) is 55.4 Å². The zero-order valence-electron chi connectivity index (χ0n) is 13.9. The van der Waals surface area contributed by atoms with Gasteiger partial charge in [0.05, 0.1) is 10.6 Å². The Balaban J connectivity index is 1.72. The van der Waals surface area contributed by atoms with Gasteiger partial charge in [-0.15, -0.1) is 0 Å². The molecule has 4 nitrogen and oxygen atoms in total. The fraction of sp³-hybridized carbons (Fsp3) is 0.368. The molecule has 0 atom stereocenters. The normalized spacial score (nSPS) is 17.3. The van der Waals surface area contributed by atoms with Crippen LogP contribution in [0, 0.1) is 5.82 Å². The summed E-state index contributed by atoms with van der Waals surface area (Å²) in [7, 11) is -3.33. The highest BCUT2D eigenvalue weighted by molar-refractivity contribution is 7.91. The molecule has 1 aliphatic rings. The monoisotopic (exact) mass is 363 g/mol. The van der Waals surface area contributed by atoms with Crippen LogP contribution in [0.15, 0.2) is 59.5 Å². The Morgan fingerprint density at radius 2 is 1.64 bits per heavy atom. The SMILES string of the molecule is O=S(=O)(CCNC1(c2ccc(F)cc2)CCOCC1)c1ccccc1. The summed E-state index contributed by atoms with van der Waals surface area (Å²) in [6.07, 6.45) is 1.45. The molecule has 1 heterocycles. The van der Waals surface area contributed by atoms with Gasteiger partial charge in [-0.05, 0) is 42.7 Å². The number of ether oxygens (including phenoxy) is 1. The molecule has 3 rings (SSSR count). The van der Waals surface area contributed by atoms with Crippen molar-refractivity contribution < 1.29 is 17.5 Å². The van der Waals surface area contributed by atoms with Crippen LogP contribution in [0.1, 0.15) is 18.4 Å². The van der Waals surface area contributed by atoms with Crippen molar-refractivity contribution in [1.82, 2.24) is 5.32 Å².